The van der Waals surface area contributed by atoms with Crippen molar-refractivity contribution in [2.24, 2.45) is 29.1 Å². The molecule has 3 aliphatic rings. The van der Waals surface area contributed by atoms with Gasteiger partial charge in [0.1, 0.15) is 0 Å². The summed E-state index contributed by atoms with van der Waals surface area (Å²) >= 11 is 0. The monoisotopic (exact) mass is 440 g/mol. The minimum Gasteiger partial charge on any atom is -0.392 e. The SMILES string of the molecule is C[C@@H]1[C@@H]2[C@@H](O)[C@@H]([C@H](C)C(=O)N3CCCC3)CC[C@]2(C)CC[C@@H]1NC(=O)Cc1ccccc1. The number of hydrogen-bond donors (Lipinski definition) is 2. The fourth-order valence-corrected chi connectivity index (χ4v) is 6.95. The van der Waals surface area contributed by atoms with Gasteiger partial charge in [0.05, 0.1) is 12.5 Å². The third-order valence-electron chi connectivity index (χ3n) is 8.89. The number of carbonyl (C=O) groups excluding carboxylic acids is 2. The van der Waals surface area contributed by atoms with Crippen molar-refractivity contribution in [3.05, 3.63) is 35.9 Å². The molecule has 1 aromatic carbocycles. The second kappa shape index (κ2) is 9.54. The van der Waals surface area contributed by atoms with Crippen molar-refractivity contribution in [3.63, 3.8) is 0 Å². The Labute approximate surface area is 193 Å². The molecule has 1 aliphatic heterocycles. The minimum atomic E-state index is -0.501. The Hall–Kier alpha value is -1.88. The standard InChI is InChI=1S/C27H40N2O3/c1-18(26(32)29-15-7-8-16-29)21-11-13-27(3)14-12-22(19(2)24(27)25(21)31)28-23(30)17-20-9-5-4-6-10-20/h4-6,9-10,18-19,21-22,24-25,31H,7-8,11-17H2,1-3H3,(H,28,30)/t18-,19-,21+,22-,24+,25-,27+/m0/s1. The molecule has 32 heavy (non-hydrogen) atoms. The average molecular weight is 441 g/mol. The highest BCUT2D eigenvalue weighted by molar-refractivity contribution is 5.79. The van der Waals surface area contributed by atoms with Gasteiger partial charge in [-0.05, 0) is 67.3 Å². The fourth-order valence-electron chi connectivity index (χ4n) is 6.95. The number of benzene rings is 1. The van der Waals surface area contributed by atoms with Crippen LogP contribution in [0.3, 0.4) is 0 Å². The van der Waals surface area contributed by atoms with E-state index in [1.165, 1.54) is 0 Å². The summed E-state index contributed by atoms with van der Waals surface area (Å²) in [5, 5.41) is 14.8. The van der Waals surface area contributed by atoms with Gasteiger partial charge in [0.25, 0.3) is 0 Å². The number of aliphatic hydroxyl groups is 1. The summed E-state index contributed by atoms with van der Waals surface area (Å²) in [4.78, 5) is 27.8. The highest BCUT2D eigenvalue weighted by atomic mass is 16.3. The van der Waals surface area contributed by atoms with Crippen LogP contribution in [0.2, 0.25) is 0 Å². The third-order valence-corrected chi connectivity index (χ3v) is 8.89. The molecule has 0 bridgehead atoms. The first-order valence-electron chi connectivity index (χ1n) is 12.6. The first-order valence-corrected chi connectivity index (χ1v) is 12.6. The molecule has 0 radical (unpaired) electrons. The molecular formula is C27H40N2O3. The predicted octanol–water partition coefficient (Wildman–Crippen LogP) is 3.80. The van der Waals surface area contributed by atoms with Gasteiger partial charge < -0.3 is 15.3 Å². The molecule has 7 atom stereocenters. The lowest BCUT2D eigenvalue weighted by Crippen LogP contribution is -2.58. The Kier molecular flexibility index (Phi) is 6.94. The van der Waals surface area contributed by atoms with Gasteiger partial charge >= 0.3 is 0 Å². The lowest BCUT2D eigenvalue weighted by Gasteiger charge is -2.56. The molecule has 1 aromatic rings. The van der Waals surface area contributed by atoms with Crippen LogP contribution in [0.1, 0.15) is 64.9 Å². The van der Waals surface area contributed by atoms with Gasteiger partial charge in [-0.25, -0.2) is 0 Å². The highest BCUT2D eigenvalue weighted by Crippen LogP contribution is 2.55. The Morgan fingerprint density at radius 2 is 1.81 bits per heavy atom. The molecule has 2 amide bonds. The molecule has 4 rings (SSSR count). The molecule has 0 aromatic heterocycles. The maximum absolute atomic E-state index is 13.1. The van der Waals surface area contributed by atoms with Gasteiger partial charge in [-0.1, -0.05) is 51.1 Å². The number of amides is 2. The van der Waals surface area contributed by atoms with Crippen LogP contribution in [0.25, 0.3) is 0 Å². The summed E-state index contributed by atoms with van der Waals surface area (Å²) in [5.74, 6) is 0.406. The van der Waals surface area contributed by atoms with E-state index in [1.54, 1.807) is 0 Å². The third kappa shape index (κ3) is 4.59. The van der Waals surface area contributed by atoms with E-state index >= 15 is 0 Å². The Bertz CT molecular complexity index is 806. The van der Waals surface area contributed by atoms with Gasteiger partial charge in [0, 0.05) is 25.0 Å². The predicted molar refractivity (Wildman–Crippen MR) is 126 cm³/mol. The van der Waals surface area contributed by atoms with Gasteiger partial charge in [-0.15, -0.1) is 0 Å². The minimum absolute atomic E-state index is 0.00222. The lowest BCUT2D eigenvalue weighted by molar-refractivity contribution is -0.150. The van der Waals surface area contributed by atoms with Crippen molar-refractivity contribution >= 4 is 11.8 Å². The largest absolute Gasteiger partial charge is 0.392 e. The average Bonchev–Trinajstić information content (AvgIpc) is 3.31. The molecule has 0 unspecified atom stereocenters. The van der Waals surface area contributed by atoms with Crippen LogP contribution in [0.4, 0.5) is 0 Å². The van der Waals surface area contributed by atoms with Gasteiger partial charge in [0.15, 0.2) is 0 Å². The van der Waals surface area contributed by atoms with E-state index in [2.05, 4.69) is 19.2 Å². The number of nitrogens with zero attached hydrogens (tertiary/aromatic N) is 1. The van der Waals surface area contributed by atoms with Crippen LogP contribution in [0.5, 0.6) is 0 Å². The molecular weight excluding hydrogens is 400 g/mol. The van der Waals surface area contributed by atoms with Gasteiger partial charge in [-0.2, -0.15) is 0 Å². The maximum Gasteiger partial charge on any atom is 0.225 e. The molecule has 5 nitrogen and oxygen atoms in total. The number of fused-ring (bicyclic) bond motifs is 1. The molecule has 3 fully saturated rings. The van der Waals surface area contributed by atoms with E-state index in [4.69, 9.17) is 0 Å². The quantitative estimate of drug-likeness (QED) is 0.732. The van der Waals surface area contributed by atoms with Crippen molar-refractivity contribution in [1.29, 1.82) is 0 Å². The van der Waals surface area contributed by atoms with Crippen LogP contribution in [0.15, 0.2) is 30.3 Å². The van der Waals surface area contributed by atoms with E-state index in [0.29, 0.717) is 6.42 Å². The van der Waals surface area contributed by atoms with Gasteiger partial charge in [-0.3, -0.25) is 9.59 Å². The summed E-state index contributed by atoms with van der Waals surface area (Å²) in [7, 11) is 0. The molecule has 0 spiro atoms. The highest BCUT2D eigenvalue weighted by Gasteiger charge is 2.54. The second-order valence-electron chi connectivity index (χ2n) is 10.9. The number of rotatable bonds is 5. The number of likely N-dealkylation sites (tertiary alicyclic amines) is 1. The second-order valence-corrected chi connectivity index (χ2v) is 10.9. The zero-order valence-corrected chi connectivity index (χ0v) is 19.9. The molecule has 176 valence electrons. The zero-order valence-electron chi connectivity index (χ0n) is 19.9. The number of nitrogens with one attached hydrogen (secondary N) is 1. The van der Waals surface area contributed by atoms with Crippen molar-refractivity contribution in [1.82, 2.24) is 10.2 Å². The molecule has 2 N–H and O–H groups in total. The Morgan fingerprint density at radius 3 is 2.50 bits per heavy atom. The lowest BCUT2D eigenvalue weighted by atomic mass is 9.51. The number of carbonyl (C=O) groups is 2. The van der Waals surface area contributed by atoms with Gasteiger partial charge in [0.2, 0.25) is 11.8 Å². The zero-order chi connectivity index (χ0) is 22.9. The number of hydrogen-bond acceptors (Lipinski definition) is 3. The summed E-state index contributed by atoms with van der Waals surface area (Å²) in [6.45, 7) is 8.23. The van der Waals surface area contributed by atoms with Crippen LogP contribution < -0.4 is 5.32 Å². The fraction of sp³-hybridized carbons (Fsp3) is 0.704. The summed E-state index contributed by atoms with van der Waals surface area (Å²) in [6.07, 6.45) is 5.99. The van der Waals surface area contributed by atoms with E-state index in [9.17, 15) is 14.7 Å². The smallest absolute Gasteiger partial charge is 0.225 e. The Balaban J connectivity index is 1.43. The van der Waals surface area contributed by atoms with E-state index in [0.717, 1.165) is 57.2 Å². The maximum atomic E-state index is 13.1. The molecule has 5 heteroatoms. The summed E-state index contributed by atoms with van der Waals surface area (Å²) in [6, 6.07) is 9.91. The topological polar surface area (TPSA) is 69.6 Å². The Morgan fingerprint density at radius 1 is 1.16 bits per heavy atom. The van der Waals surface area contributed by atoms with Crippen molar-refractivity contribution < 1.29 is 14.7 Å². The molecule has 2 aliphatic carbocycles. The van der Waals surface area contributed by atoms with E-state index in [1.807, 2.05) is 42.2 Å². The van der Waals surface area contributed by atoms with Crippen LogP contribution in [0, 0.1) is 29.1 Å². The van der Waals surface area contributed by atoms with E-state index < -0.39 is 6.10 Å². The van der Waals surface area contributed by atoms with Crippen LogP contribution in [-0.2, 0) is 16.0 Å². The molecule has 2 saturated carbocycles. The van der Waals surface area contributed by atoms with E-state index in [-0.39, 0.29) is 46.9 Å². The van der Waals surface area contributed by atoms with Crippen LogP contribution >= 0.6 is 0 Å². The summed E-state index contributed by atoms with van der Waals surface area (Å²) < 4.78 is 0. The molecule has 1 heterocycles. The van der Waals surface area contributed by atoms with Crippen molar-refractivity contribution in [3.8, 4) is 0 Å². The first-order chi connectivity index (χ1) is 15.3. The van der Waals surface area contributed by atoms with Crippen molar-refractivity contribution in [2.75, 3.05) is 13.1 Å². The molecule has 1 saturated heterocycles. The van der Waals surface area contributed by atoms with Crippen molar-refractivity contribution in [2.45, 2.75) is 77.9 Å². The normalized spacial score (nSPS) is 35.8. The number of aliphatic hydroxyl groups excluding tert-OH is 1. The first kappa shape index (κ1) is 23.3. The van der Waals surface area contributed by atoms with Crippen LogP contribution in [-0.4, -0.2) is 47.1 Å². The summed E-state index contributed by atoms with van der Waals surface area (Å²) in [5.41, 5.74) is 1.09.